The molecule has 0 amide bonds. The first kappa shape index (κ1) is 13.8. The van der Waals surface area contributed by atoms with Gasteiger partial charge in [0.2, 0.25) is 0 Å². The zero-order valence-electron chi connectivity index (χ0n) is 10.5. The zero-order chi connectivity index (χ0) is 12.7. The average Bonchev–Trinajstić information content (AvgIpc) is 2.77. The number of rotatable bonds is 6. The summed E-state index contributed by atoms with van der Waals surface area (Å²) < 4.78 is 4.92. The summed E-state index contributed by atoms with van der Waals surface area (Å²) in [7, 11) is 1.42. The molecule has 6 heteroatoms. The molecular formula is C11H20N4O2. The van der Waals surface area contributed by atoms with Crippen LogP contribution in [0.4, 0.5) is 0 Å². The molecule has 17 heavy (non-hydrogen) atoms. The molecule has 1 aliphatic rings. The second-order valence-corrected chi connectivity index (χ2v) is 4.34. The van der Waals surface area contributed by atoms with Crippen molar-refractivity contribution < 1.29 is 9.53 Å². The number of hydrogen-bond acceptors (Lipinski definition) is 4. The number of hydrogen-bond donors (Lipinski definition) is 1. The van der Waals surface area contributed by atoms with Crippen molar-refractivity contribution >= 4 is 5.97 Å². The Hall–Kier alpha value is -1.26. The van der Waals surface area contributed by atoms with E-state index in [1.54, 1.807) is 0 Å². The monoisotopic (exact) mass is 240 g/mol. The smallest absolute Gasteiger partial charge is 0.326 e. The van der Waals surface area contributed by atoms with Crippen molar-refractivity contribution in [3.8, 4) is 0 Å². The van der Waals surface area contributed by atoms with Gasteiger partial charge >= 0.3 is 5.97 Å². The van der Waals surface area contributed by atoms with E-state index < -0.39 is 5.54 Å². The number of carbonyl (C=O) groups excluding carboxylic acids is 1. The third-order valence-electron chi connectivity index (χ3n) is 3.58. The van der Waals surface area contributed by atoms with Crippen LogP contribution in [0, 0.1) is 5.92 Å². The summed E-state index contributed by atoms with van der Waals surface area (Å²) in [6.45, 7) is 2.95. The lowest BCUT2D eigenvalue weighted by atomic mass is 9.85. The molecule has 0 aromatic carbocycles. The molecule has 1 aliphatic carbocycles. The SMILES string of the molecule is CCC1CCCC1(NCCN=[N+]=[N-])C(=O)OC. The lowest BCUT2D eigenvalue weighted by Crippen LogP contribution is -2.55. The largest absolute Gasteiger partial charge is 0.468 e. The molecule has 0 aliphatic heterocycles. The van der Waals surface area contributed by atoms with Gasteiger partial charge in [-0.1, -0.05) is 24.9 Å². The molecule has 1 fully saturated rings. The fourth-order valence-electron chi connectivity index (χ4n) is 2.76. The molecule has 96 valence electrons. The Morgan fingerprint density at radius 3 is 3.06 bits per heavy atom. The second kappa shape index (κ2) is 6.47. The van der Waals surface area contributed by atoms with Crippen molar-refractivity contribution in [2.75, 3.05) is 20.2 Å². The predicted octanol–water partition coefficient (Wildman–Crippen LogP) is 2.01. The fraction of sp³-hybridized carbons (Fsp3) is 0.909. The maximum absolute atomic E-state index is 12.0. The Kier molecular flexibility index (Phi) is 5.25. The molecule has 0 bridgehead atoms. The van der Waals surface area contributed by atoms with Gasteiger partial charge in [-0.05, 0) is 24.3 Å². The van der Waals surface area contributed by atoms with Gasteiger partial charge in [0.1, 0.15) is 5.54 Å². The van der Waals surface area contributed by atoms with Gasteiger partial charge in [-0.2, -0.15) is 0 Å². The predicted molar refractivity (Wildman–Crippen MR) is 64.4 cm³/mol. The van der Waals surface area contributed by atoms with Gasteiger partial charge in [0, 0.05) is 18.0 Å². The van der Waals surface area contributed by atoms with Crippen LogP contribution in [0.15, 0.2) is 5.11 Å². The quantitative estimate of drug-likeness (QED) is 0.253. The Labute approximate surface area is 101 Å². The molecule has 0 radical (unpaired) electrons. The second-order valence-electron chi connectivity index (χ2n) is 4.34. The third-order valence-corrected chi connectivity index (χ3v) is 3.58. The zero-order valence-corrected chi connectivity index (χ0v) is 10.5. The highest BCUT2D eigenvalue weighted by molar-refractivity contribution is 5.81. The van der Waals surface area contributed by atoms with Gasteiger partial charge in [-0.15, -0.1) is 0 Å². The van der Waals surface area contributed by atoms with Crippen molar-refractivity contribution in [3.63, 3.8) is 0 Å². The number of nitrogens with one attached hydrogen (secondary N) is 1. The maximum atomic E-state index is 12.0. The van der Waals surface area contributed by atoms with E-state index >= 15 is 0 Å². The highest BCUT2D eigenvalue weighted by atomic mass is 16.5. The first-order valence-electron chi connectivity index (χ1n) is 6.05. The van der Waals surface area contributed by atoms with Gasteiger partial charge in [0.15, 0.2) is 0 Å². The van der Waals surface area contributed by atoms with E-state index in [1.807, 2.05) is 0 Å². The van der Waals surface area contributed by atoms with Gasteiger partial charge in [-0.25, -0.2) is 0 Å². The molecular weight excluding hydrogens is 220 g/mol. The molecule has 2 unspecified atom stereocenters. The van der Waals surface area contributed by atoms with Crippen LogP contribution in [0.25, 0.3) is 10.4 Å². The van der Waals surface area contributed by atoms with Gasteiger partial charge in [0.05, 0.1) is 7.11 Å². The topological polar surface area (TPSA) is 87.1 Å². The minimum absolute atomic E-state index is 0.192. The van der Waals surface area contributed by atoms with Crippen LogP contribution in [-0.4, -0.2) is 31.7 Å². The van der Waals surface area contributed by atoms with Crippen LogP contribution in [0.1, 0.15) is 32.6 Å². The number of methoxy groups -OCH3 is 1. The van der Waals surface area contributed by atoms with E-state index in [0.717, 1.165) is 25.7 Å². The molecule has 6 nitrogen and oxygen atoms in total. The van der Waals surface area contributed by atoms with Crippen molar-refractivity contribution in [2.45, 2.75) is 38.1 Å². The molecule has 2 atom stereocenters. The Morgan fingerprint density at radius 1 is 1.71 bits per heavy atom. The van der Waals surface area contributed by atoms with Gasteiger partial charge in [0.25, 0.3) is 0 Å². The Bertz CT molecular complexity index is 315. The summed E-state index contributed by atoms with van der Waals surface area (Å²) in [5.74, 6) is 0.115. The van der Waals surface area contributed by atoms with Gasteiger partial charge in [-0.3, -0.25) is 4.79 Å². The van der Waals surface area contributed by atoms with E-state index in [-0.39, 0.29) is 5.97 Å². The molecule has 1 rings (SSSR count). The molecule has 0 spiro atoms. The number of esters is 1. The van der Waals surface area contributed by atoms with Crippen molar-refractivity contribution in [1.82, 2.24) is 5.32 Å². The number of nitrogens with zero attached hydrogens (tertiary/aromatic N) is 3. The summed E-state index contributed by atoms with van der Waals surface area (Å²) in [6.07, 6.45) is 3.82. The van der Waals surface area contributed by atoms with Crippen LogP contribution >= 0.6 is 0 Å². The Morgan fingerprint density at radius 2 is 2.47 bits per heavy atom. The molecule has 0 aromatic rings. The molecule has 0 saturated heterocycles. The lowest BCUT2D eigenvalue weighted by molar-refractivity contribution is -0.150. The van der Waals surface area contributed by atoms with Crippen LogP contribution in [-0.2, 0) is 9.53 Å². The van der Waals surface area contributed by atoms with Crippen LogP contribution in [0.3, 0.4) is 0 Å². The van der Waals surface area contributed by atoms with Gasteiger partial charge < -0.3 is 10.1 Å². The van der Waals surface area contributed by atoms with Crippen molar-refractivity contribution in [3.05, 3.63) is 10.4 Å². The number of carbonyl (C=O) groups is 1. The normalized spacial score (nSPS) is 27.5. The molecule has 1 N–H and O–H groups in total. The molecule has 0 heterocycles. The Balaban J connectivity index is 2.71. The average molecular weight is 240 g/mol. The van der Waals surface area contributed by atoms with Crippen molar-refractivity contribution in [1.29, 1.82) is 0 Å². The maximum Gasteiger partial charge on any atom is 0.326 e. The van der Waals surface area contributed by atoms with E-state index in [9.17, 15) is 4.79 Å². The van der Waals surface area contributed by atoms with Crippen molar-refractivity contribution in [2.24, 2.45) is 11.0 Å². The van der Waals surface area contributed by atoms with E-state index in [1.165, 1.54) is 7.11 Å². The highest BCUT2D eigenvalue weighted by Crippen LogP contribution is 2.38. The van der Waals surface area contributed by atoms with E-state index in [4.69, 9.17) is 10.3 Å². The van der Waals surface area contributed by atoms with E-state index in [2.05, 4.69) is 22.3 Å². The van der Waals surface area contributed by atoms with Crippen LogP contribution in [0.5, 0.6) is 0 Å². The molecule has 1 saturated carbocycles. The lowest BCUT2D eigenvalue weighted by Gasteiger charge is -2.33. The summed E-state index contributed by atoms with van der Waals surface area (Å²) in [5.41, 5.74) is 7.64. The standard InChI is InChI=1S/C11H20N4O2/c1-3-9-5-4-6-11(9,10(16)17-2)13-7-8-14-15-12/h9,13H,3-8H2,1-2H3. The minimum atomic E-state index is -0.575. The number of ether oxygens (including phenoxy) is 1. The highest BCUT2D eigenvalue weighted by Gasteiger charge is 2.48. The van der Waals surface area contributed by atoms with Crippen LogP contribution < -0.4 is 5.32 Å². The third kappa shape index (κ3) is 2.90. The molecule has 0 aromatic heterocycles. The van der Waals surface area contributed by atoms with Crippen LogP contribution in [0.2, 0.25) is 0 Å². The summed E-state index contributed by atoms with van der Waals surface area (Å²) in [4.78, 5) is 14.7. The first-order chi connectivity index (χ1) is 8.21. The fourth-order valence-corrected chi connectivity index (χ4v) is 2.76. The summed E-state index contributed by atoms with van der Waals surface area (Å²) in [5, 5.41) is 6.71. The summed E-state index contributed by atoms with van der Waals surface area (Å²) >= 11 is 0. The number of azide groups is 1. The first-order valence-corrected chi connectivity index (χ1v) is 6.05. The van der Waals surface area contributed by atoms with E-state index in [0.29, 0.717) is 19.0 Å². The summed E-state index contributed by atoms with van der Waals surface area (Å²) in [6, 6.07) is 0. The minimum Gasteiger partial charge on any atom is -0.468 e.